The molecular weight excluding hydrogens is 215 g/mol. The third-order valence-electron chi connectivity index (χ3n) is 3.40. The lowest BCUT2D eigenvalue weighted by atomic mass is 10.1. The molecule has 1 heterocycles. The van der Waals surface area contributed by atoms with Crippen molar-refractivity contribution < 1.29 is 4.39 Å². The van der Waals surface area contributed by atoms with Crippen LogP contribution >= 0.6 is 0 Å². The Hall–Kier alpha value is -1.09. The molecule has 0 spiro atoms. The minimum Gasteiger partial charge on any atom is -0.369 e. The number of likely N-dealkylation sites (N-methyl/N-ethyl adjacent to an activating group) is 1. The molecule has 1 aromatic carbocycles. The van der Waals surface area contributed by atoms with Gasteiger partial charge < -0.3 is 9.80 Å². The fourth-order valence-electron chi connectivity index (χ4n) is 2.38. The largest absolute Gasteiger partial charge is 0.369 e. The number of piperazine rings is 1. The molecular formula is C14H21FN2. The van der Waals surface area contributed by atoms with E-state index in [9.17, 15) is 4.39 Å². The van der Waals surface area contributed by atoms with Gasteiger partial charge in [-0.25, -0.2) is 4.39 Å². The molecule has 2 nitrogen and oxygen atoms in total. The lowest BCUT2D eigenvalue weighted by Gasteiger charge is -2.35. The fraction of sp³-hybridized carbons (Fsp3) is 0.571. The second-order valence-electron chi connectivity index (χ2n) is 4.81. The third-order valence-corrected chi connectivity index (χ3v) is 3.40. The Morgan fingerprint density at radius 1 is 1.18 bits per heavy atom. The average molecular weight is 236 g/mol. The summed E-state index contributed by atoms with van der Waals surface area (Å²) < 4.78 is 13.3. The minimum absolute atomic E-state index is 0.119. The van der Waals surface area contributed by atoms with Crippen LogP contribution in [0.1, 0.15) is 18.9 Å². The summed E-state index contributed by atoms with van der Waals surface area (Å²) in [6.07, 6.45) is 2.02. The molecule has 1 aromatic rings. The SMILES string of the molecule is CCCc1cc(F)ccc1N1CCN(C)CC1. The van der Waals surface area contributed by atoms with Crippen molar-refractivity contribution in [2.75, 3.05) is 38.1 Å². The Morgan fingerprint density at radius 3 is 2.53 bits per heavy atom. The van der Waals surface area contributed by atoms with E-state index < -0.39 is 0 Å². The predicted octanol–water partition coefficient (Wildman–Crippen LogP) is 2.53. The highest BCUT2D eigenvalue weighted by Crippen LogP contribution is 2.24. The maximum atomic E-state index is 13.3. The van der Waals surface area contributed by atoms with Crippen molar-refractivity contribution in [2.24, 2.45) is 0 Å². The van der Waals surface area contributed by atoms with Gasteiger partial charge in [0, 0.05) is 31.9 Å². The number of hydrogen-bond acceptors (Lipinski definition) is 2. The van der Waals surface area contributed by atoms with Crippen LogP contribution in [-0.4, -0.2) is 38.1 Å². The fourth-order valence-corrected chi connectivity index (χ4v) is 2.38. The van der Waals surface area contributed by atoms with E-state index in [1.54, 1.807) is 12.1 Å². The summed E-state index contributed by atoms with van der Waals surface area (Å²) in [4.78, 5) is 4.71. The van der Waals surface area contributed by atoms with Crippen LogP contribution in [0.5, 0.6) is 0 Å². The molecule has 94 valence electrons. The number of nitrogens with zero attached hydrogens (tertiary/aromatic N) is 2. The van der Waals surface area contributed by atoms with E-state index in [4.69, 9.17) is 0 Å². The molecule has 0 atom stereocenters. The molecule has 3 heteroatoms. The van der Waals surface area contributed by atoms with Gasteiger partial charge in [-0.2, -0.15) is 0 Å². The van der Waals surface area contributed by atoms with Gasteiger partial charge in [-0.15, -0.1) is 0 Å². The maximum absolute atomic E-state index is 13.3. The number of rotatable bonds is 3. The predicted molar refractivity (Wildman–Crippen MR) is 70.1 cm³/mol. The van der Waals surface area contributed by atoms with Crippen molar-refractivity contribution in [1.29, 1.82) is 0 Å². The van der Waals surface area contributed by atoms with Gasteiger partial charge in [0.05, 0.1) is 0 Å². The van der Waals surface area contributed by atoms with Crippen LogP contribution in [-0.2, 0) is 6.42 Å². The van der Waals surface area contributed by atoms with Gasteiger partial charge in [-0.3, -0.25) is 0 Å². The zero-order valence-corrected chi connectivity index (χ0v) is 10.7. The van der Waals surface area contributed by atoms with Crippen LogP contribution in [0, 0.1) is 5.82 Å². The van der Waals surface area contributed by atoms with Gasteiger partial charge in [0.1, 0.15) is 5.82 Å². The van der Waals surface area contributed by atoms with Crippen LogP contribution in [0.15, 0.2) is 18.2 Å². The average Bonchev–Trinajstić information content (AvgIpc) is 2.31. The van der Waals surface area contributed by atoms with Crippen molar-refractivity contribution in [3.8, 4) is 0 Å². The molecule has 1 saturated heterocycles. The molecule has 1 fully saturated rings. The number of aryl methyl sites for hydroxylation is 1. The van der Waals surface area contributed by atoms with Crippen LogP contribution in [0.2, 0.25) is 0 Å². The molecule has 0 aliphatic carbocycles. The number of anilines is 1. The van der Waals surface area contributed by atoms with Crippen molar-refractivity contribution in [3.05, 3.63) is 29.6 Å². The van der Waals surface area contributed by atoms with E-state index in [1.807, 2.05) is 6.07 Å². The van der Waals surface area contributed by atoms with Gasteiger partial charge in [-0.05, 0) is 37.2 Å². The first kappa shape index (κ1) is 12.4. The molecule has 2 rings (SSSR count). The molecule has 17 heavy (non-hydrogen) atoms. The molecule has 0 unspecified atom stereocenters. The highest BCUT2D eigenvalue weighted by molar-refractivity contribution is 5.54. The molecule has 1 aliphatic rings. The molecule has 0 bridgehead atoms. The Bertz CT molecular complexity index is 370. The topological polar surface area (TPSA) is 6.48 Å². The van der Waals surface area contributed by atoms with E-state index in [-0.39, 0.29) is 5.82 Å². The van der Waals surface area contributed by atoms with Crippen LogP contribution in [0.3, 0.4) is 0 Å². The van der Waals surface area contributed by atoms with Crippen LogP contribution in [0.4, 0.5) is 10.1 Å². The number of benzene rings is 1. The summed E-state index contributed by atoms with van der Waals surface area (Å²) in [5.74, 6) is -0.119. The standard InChI is InChI=1S/C14H21FN2/c1-3-4-12-11-13(15)5-6-14(12)17-9-7-16(2)8-10-17/h5-6,11H,3-4,7-10H2,1-2H3. The van der Waals surface area contributed by atoms with E-state index >= 15 is 0 Å². The zero-order chi connectivity index (χ0) is 12.3. The smallest absolute Gasteiger partial charge is 0.123 e. The van der Waals surface area contributed by atoms with E-state index in [2.05, 4.69) is 23.8 Å². The summed E-state index contributed by atoms with van der Waals surface area (Å²) in [5.41, 5.74) is 2.37. The molecule has 0 N–H and O–H groups in total. The second kappa shape index (κ2) is 5.50. The Kier molecular flexibility index (Phi) is 4.00. The van der Waals surface area contributed by atoms with Crippen molar-refractivity contribution in [2.45, 2.75) is 19.8 Å². The van der Waals surface area contributed by atoms with Gasteiger partial charge in [0.25, 0.3) is 0 Å². The van der Waals surface area contributed by atoms with Crippen LogP contribution < -0.4 is 4.90 Å². The third kappa shape index (κ3) is 2.97. The first-order chi connectivity index (χ1) is 8.20. The quantitative estimate of drug-likeness (QED) is 0.795. The van der Waals surface area contributed by atoms with Gasteiger partial charge in [0.15, 0.2) is 0 Å². The first-order valence-corrected chi connectivity index (χ1v) is 6.42. The second-order valence-corrected chi connectivity index (χ2v) is 4.81. The number of halogens is 1. The van der Waals surface area contributed by atoms with Gasteiger partial charge in [-0.1, -0.05) is 13.3 Å². The number of hydrogen-bond donors (Lipinski definition) is 0. The van der Waals surface area contributed by atoms with Gasteiger partial charge >= 0.3 is 0 Å². The van der Waals surface area contributed by atoms with Crippen molar-refractivity contribution >= 4 is 5.69 Å². The van der Waals surface area contributed by atoms with E-state index in [0.717, 1.165) is 44.6 Å². The van der Waals surface area contributed by atoms with Crippen molar-refractivity contribution in [3.63, 3.8) is 0 Å². The maximum Gasteiger partial charge on any atom is 0.123 e. The highest BCUT2D eigenvalue weighted by atomic mass is 19.1. The van der Waals surface area contributed by atoms with E-state index in [0.29, 0.717) is 0 Å². The highest BCUT2D eigenvalue weighted by Gasteiger charge is 2.16. The Labute approximate surface area is 103 Å². The summed E-state index contributed by atoms with van der Waals surface area (Å²) in [7, 11) is 2.15. The first-order valence-electron chi connectivity index (χ1n) is 6.42. The molecule has 0 amide bonds. The summed E-state index contributed by atoms with van der Waals surface area (Å²) >= 11 is 0. The summed E-state index contributed by atoms with van der Waals surface area (Å²) in [6, 6.07) is 5.20. The van der Waals surface area contributed by atoms with Crippen LogP contribution in [0.25, 0.3) is 0 Å². The van der Waals surface area contributed by atoms with Gasteiger partial charge in [0.2, 0.25) is 0 Å². The molecule has 1 aliphatic heterocycles. The monoisotopic (exact) mass is 236 g/mol. The zero-order valence-electron chi connectivity index (χ0n) is 10.7. The minimum atomic E-state index is -0.119. The molecule has 0 aromatic heterocycles. The van der Waals surface area contributed by atoms with Crippen molar-refractivity contribution in [1.82, 2.24) is 4.90 Å². The molecule has 0 saturated carbocycles. The normalized spacial score (nSPS) is 17.5. The summed E-state index contributed by atoms with van der Waals surface area (Å²) in [5, 5.41) is 0. The summed E-state index contributed by atoms with van der Waals surface area (Å²) in [6.45, 7) is 6.39. The molecule has 0 radical (unpaired) electrons. The Morgan fingerprint density at radius 2 is 1.88 bits per heavy atom. The van der Waals surface area contributed by atoms with E-state index in [1.165, 1.54) is 5.69 Å². The Balaban J connectivity index is 2.18. The lowest BCUT2D eigenvalue weighted by Crippen LogP contribution is -2.44. The lowest BCUT2D eigenvalue weighted by molar-refractivity contribution is 0.312.